The number of anilines is 1. The van der Waals surface area contributed by atoms with Crippen molar-refractivity contribution in [2.45, 2.75) is 32.7 Å². The largest absolute Gasteiger partial charge is 0.396 e. The number of aromatic nitrogens is 2. The molecule has 1 amide bonds. The van der Waals surface area contributed by atoms with Gasteiger partial charge in [-0.2, -0.15) is 5.10 Å². The van der Waals surface area contributed by atoms with E-state index in [0.717, 1.165) is 6.54 Å². The summed E-state index contributed by atoms with van der Waals surface area (Å²) in [6.07, 6.45) is 5.37. The van der Waals surface area contributed by atoms with Gasteiger partial charge in [-0.1, -0.05) is 13.3 Å². The third-order valence-electron chi connectivity index (χ3n) is 3.13. The number of hydrogen-bond donors (Lipinski definition) is 2. The van der Waals surface area contributed by atoms with Crippen LogP contribution < -0.4 is 11.5 Å². The maximum absolute atomic E-state index is 11.0. The number of primary amides is 1. The van der Waals surface area contributed by atoms with Crippen LogP contribution in [0.3, 0.4) is 0 Å². The average Bonchev–Trinajstić information content (AvgIpc) is 2.44. The van der Waals surface area contributed by atoms with Gasteiger partial charge in [-0.15, -0.1) is 0 Å². The topological polar surface area (TPSA) is 86.9 Å². The first-order chi connectivity index (χ1) is 7.00. The molecule has 0 aromatic carbocycles. The van der Waals surface area contributed by atoms with Crippen molar-refractivity contribution in [3.05, 3.63) is 11.9 Å². The standard InChI is InChI=1S/C10H16N4O/c1-10(3-2-4-10)6-14-5-7(11)8(13-14)9(12)15/h5H,2-4,6,11H2,1H3,(H2,12,15). The Bertz CT molecular complexity index is 392. The smallest absolute Gasteiger partial charge is 0.271 e. The summed E-state index contributed by atoms with van der Waals surface area (Å²) >= 11 is 0. The second kappa shape index (κ2) is 3.25. The minimum absolute atomic E-state index is 0.179. The van der Waals surface area contributed by atoms with Crippen molar-refractivity contribution in [1.29, 1.82) is 0 Å². The van der Waals surface area contributed by atoms with Crippen LogP contribution >= 0.6 is 0 Å². The average molecular weight is 208 g/mol. The lowest BCUT2D eigenvalue weighted by atomic mass is 9.70. The van der Waals surface area contributed by atoms with Crippen LogP contribution in [0.25, 0.3) is 0 Å². The van der Waals surface area contributed by atoms with E-state index in [1.165, 1.54) is 19.3 Å². The molecule has 1 aromatic rings. The molecular formula is C10H16N4O. The number of nitrogens with two attached hydrogens (primary N) is 2. The lowest BCUT2D eigenvalue weighted by molar-refractivity contribution is 0.0990. The summed E-state index contributed by atoms with van der Waals surface area (Å²) in [5.74, 6) is -0.565. The molecule has 0 bridgehead atoms. The minimum Gasteiger partial charge on any atom is -0.396 e. The highest BCUT2D eigenvalue weighted by molar-refractivity contribution is 5.95. The first kappa shape index (κ1) is 10.0. The van der Waals surface area contributed by atoms with E-state index < -0.39 is 5.91 Å². The van der Waals surface area contributed by atoms with Crippen LogP contribution in [0.2, 0.25) is 0 Å². The highest BCUT2D eigenvalue weighted by atomic mass is 16.1. The summed E-state index contributed by atoms with van der Waals surface area (Å²) in [4.78, 5) is 11.0. The van der Waals surface area contributed by atoms with Gasteiger partial charge in [0.1, 0.15) is 0 Å². The molecule has 0 spiro atoms. The lowest BCUT2D eigenvalue weighted by Crippen LogP contribution is -2.31. The van der Waals surface area contributed by atoms with Crippen molar-refractivity contribution in [3.63, 3.8) is 0 Å². The highest BCUT2D eigenvalue weighted by Crippen LogP contribution is 2.41. The van der Waals surface area contributed by atoms with Gasteiger partial charge in [0.25, 0.3) is 5.91 Å². The van der Waals surface area contributed by atoms with E-state index in [-0.39, 0.29) is 5.69 Å². The lowest BCUT2D eigenvalue weighted by Gasteiger charge is -2.38. The number of nitrogens with zero attached hydrogens (tertiary/aromatic N) is 2. The maximum atomic E-state index is 11.0. The van der Waals surface area contributed by atoms with Crippen molar-refractivity contribution in [2.24, 2.45) is 11.1 Å². The zero-order chi connectivity index (χ0) is 11.1. The monoisotopic (exact) mass is 208 g/mol. The number of carbonyl (C=O) groups excluding carboxylic acids is 1. The van der Waals surface area contributed by atoms with Gasteiger partial charge >= 0.3 is 0 Å². The molecule has 5 nitrogen and oxygen atoms in total. The molecule has 1 aromatic heterocycles. The van der Waals surface area contributed by atoms with E-state index in [9.17, 15) is 4.79 Å². The predicted molar refractivity (Wildman–Crippen MR) is 57.1 cm³/mol. The predicted octanol–water partition coefficient (Wildman–Crippen LogP) is 0.754. The Morgan fingerprint density at radius 3 is 2.73 bits per heavy atom. The normalized spacial score (nSPS) is 18.5. The van der Waals surface area contributed by atoms with E-state index in [1.54, 1.807) is 10.9 Å². The highest BCUT2D eigenvalue weighted by Gasteiger charge is 2.32. The van der Waals surface area contributed by atoms with Gasteiger partial charge in [-0.3, -0.25) is 9.48 Å². The van der Waals surface area contributed by atoms with Gasteiger partial charge in [-0.05, 0) is 18.3 Å². The molecule has 1 aliphatic rings. The summed E-state index contributed by atoms with van der Waals surface area (Å²) in [5, 5.41) is 4.09. The van der Waals surface area contributed by atoms with Crippen molar-refractivity contribution >= 4 is 11.6 Å². The Morgan fingerprint density at radius 1 is 1.67 bits per heavy atom. The number of amides is 1. The van der Waals surface area contributed by atoms with Crippen molar-refractivity contribution < 1.29 is 4.79 Å². The molecule has 1 heterocycles. The zero-order valence-electron chi connectivity index (χ0n) is 8.86. The summed E-state index contributed by atoms with van der Waals surface area (Å²) < 4.78 is 1.73. The number of rotatable bonds is 3. The Labute approximate surface area is 88.4 Å². The summed E-state index contributed by atoms with van der Waals surface area (Å²) in [5.41, 5.74) is 11.6. The van der Waals surface area contributed by atoms with Gasteiger partial charge < -0.3 is 11.5 Å². The van der Waals surface area contributed by atoms with Crippen LogP contribution in [0, 0.1) is 5.41 Å². The quantitative estimate of drug-likeness (QED) is 0.768. The molecule has 2 rings (SSSR count). The van der Waals surface area contributed by atoms with E-state index >= 15 is 0 Å². The summed E-state index contributed by atoms with van der Waals surface area (Å²) in [6, 6.07) is 0. The summed E-state index contributed by atoms with van der Waals surface area (Å²) in [6.45, 7) is 3.03. The molecule has 0 saturated heterocycles. The van der Waals surface area contributed by atoms with Crippen LogP contribution in [0.5, 0.6) is 0 Å². The molecule has 1 aliphatic carbocycles. The molecule has 0 unspecified atom stereocenters. The number of hydrogen-bond acceptors (Lipinski definition) is 3. The van der Waals surface area contributed by atoms with Gasteiger partial charge in [-0.25, -0.2) is 0 Å². The molecule has 0 radical (unpaired) electrons. The third kappa shape index (κ3) is 1.82. The molecule has 0 atom stereocenters. The Morgan fingerprint density at radius 2 is 2.33 bits per heavy atom. The van der Waals surface area contributed by atoms with Crippen LogP contribution in [-0.4, -0.2) is 15.7 Å². The fraction of sp³-hybridized carbons (Fsp3) is 0.600. The Hall–Kier alpha value is -1.52. The maximum Gasteiger partial charge on any atom is 0.271 e. The zero-order valence-corrected chi connectivity index (χ0v) is 8.86. The minimum atomic E-state index is -0.565. The fourth-order valence-corrected chi connectivity index (χ4v) is 2.04. The second-order valence-electron chi connectivity index (χ2n) is 4.66. The summed E-state index contributed by atoms with van der Waals surface area (Å²) in [7, 11) is 0. The Balaban J connectivity index is 2.16. The van der Waals surface area contributed by atoms with E-state index in [2.05, 4.69) is 12.0 Å². The molecular weight excluding hydrogens is 192 g/mol. The Kier molecular flexibility index (Phi) is 2.17. The van der Waals surface area contributed by atoms with E-state index in [0.29, 0.717) is 11.1 Å². The number of carbonyl (C=O) groups is 1. The first-order valence-corrected chi connectivity index (χ1v) is 5.13. The molecule has 15 heavy (non-hydrogen) atoms. The van der Waals surface area contributed by atoms with Crippen molar-refractivity contribution in [2.75, 3.05) is 5.73 Å². The fourth-order valence-electron chi connectivity index (χ4n) is 2.04. The van der Waals surface area contributed by atoms with Crippen molar-refractivity contribution in [3.8, 4) is 0 Å². The van der Waals surface area contributed by atoms with Crippen molar-refractivity contribution in [1.82, 2.24) is 9.78 Å². The third-order valence-corrected chi connectivity index (χ3v) is 3.13. The number of nitrogen functional groups attached to an aromatic ring is 1. The van der Waals surface area contributed by atoms with Gasteiger partial charge in [0.15, 0.2) is 5.69 Å². The van der Waals surface area contributed by atoms with Gasteiger partial charge in [0.2, 0.25) is 0 Å². The van der Waals surface area contributed by atoms with E-state index in [4.69, 9.17) is 11.5 Å². The molecule has 82 valence electrons. The second-order valence-corrected chi connectivity index (χ2v) is 4.66. The molecule has 4 N–H and O–H groups in total. The van der Waals surface area contributed by atoms with Gasteiger partial charge in [0.05, 0.1) is 5.69 Å². The molecule has 0 aliphatic heterocycles. The molecule has 1 saturated carbocycles. The van der Waals surface area contributed by atoms with Crippen LogP contribution in [0.4, 0.5) is 5.69 Å². The first-order valence-electron chi connectivity index (χ1n) is 5.13. The van der Waals surface area contributed by atoms with Crippen LogP contribution in [0.15, 0.2) is 6.20 Å². The van der Waals surface area contributed by atoms with E-state index in [1.807, 2.05) is 0 Å². The molecule has 5 heteroatoms. The van der Waals surface area contributed by atoms with Crippen LogP contribution in [0.1, 0.15) is 36.7 Å². The SMILES string of the molecule is CC1(Cn2cc(N)c(C(N)=O)n2)CCC1. The molecule has 1 fully saturated rings. The van der Waals surface area contributed by atoms with Crippen LogP contribution in [-0.2, 0) is 6.54 Å². The van der Waals surface area contributed by atoms with Gasteiger partial charge in [0, 0.05) is 12.7 Å².